The van der Waals surface area contributed by atoms with Gasteiger partial charge in [0.05, 0.1) is 0 Å². The van der Waals surface area contributed by atoms with E-state index in [4.69, 9.17) is 4.74 Å². The van der Waals surface area contributed by atoms with Crippen molar-refractivity contribution in [2.45, 2.75) is 39.5 Å². The Morgan fingerprint density at radius 1 is 1.24 bits per heavy atom. The molecule has 0 saturated heterocycles. The van der Waals surface area contributed by atoms with Crippen LogP contribution in [0.2, 0.25) is 0 Å². The molecule has 1 amide bonds. The lowest BCUT2D eigenvalue weighted by molar-refractivity contribution is 0.0952. The van der Waals surface area contributed by atoms with E-state index >= 15 is 0 Å². The van der Waals surface area contributed by atoms with Crippen molar-refractivity contribution in [2.75, 3.05) is 32.1 Å². The molecule has 0 spiro atoms. The third-order valence-electron chi connectivity index (χ3n) is 3.17. The lowest BCUT2D eigenvalue weighted by Gasteiger charge is -2.09. The van der Waals surface area contributed by atoms with E-state index in [1.807, 2.05) is 26.0 Å². The van der Waals surface area contributed by atoms with E-state index in [-0.39, 0.29) is 5.91 Å². The number of methoxy groups -OCH3 is 1. The molecule has 0 aromatic carbocycles. The lowest BCUT2D eigenvalue weighted by atomic mass is 10.1. The molecule has 0 saturated carbocycles. The molecule has 2 N–H and O–H groups in total. The maximum absolute atomic E-state index is 12.2. The van der Waals surface area contributed by atoms with Crippen molar-refractivity contribution < 1.29 is 9.53 Å². The Morgan fingerprint density at radius 3 is 2.71 bits per heavy atom. The van der Waals surface area contributed by atoms with E-state index in [0.29, 0.717) is 12.1 Å². The summed E-state index contributed by atoms with van der Waals surface area (Å²) in [5.74, 6) is 0.736. The second-order valence-electron chi connectivity index (χ2n) is 4.93. The fourth-order valence-electron chi connectivity index (χ4n) is 2.02. The second-order valence-corrected chi connectivity index (χ2v) is 4.93. The highest BCUT2D eigenvalue weighted by Gasteiger charge is 2.08. The van der Waals surface area contributed by atoms with Crippen LogP contribution >= 0.6 is 0 Å². The number of hydrogen-bond acceptors (Lipinski definition) is 4. The topological polar surface area (TPSA) is 63.2 Å². The standard InChI is InChI=1S/C16H27N3O2/c1-4-14-11-13(12-15(19-14)17-5-2)16(20)18-9-7-6-8-10-21-3/h11-12H,4-10H2,1-3H3,(H,17,19)(H,18,20). The first-order chi connectivity index (χ1) is 10.2. The SMILES string of the molecule is CCNc1cc(C(=O)NCCCCCOC)cc(CC)n1. The molecule has 0 radical (unpaired) electrons. The Kier molecular flexibility index (Phi) is 8.43. The maximum atomic E-state index is 12.2. The van der Waals surface area contributed by atoms with Crippen molar-refractivity contribution in [1.29, 1.82) is 0 Å². The second kappa shape index (κ2) is 10.2. The van der Waals surface area contributed by atoms with Gasteiger partial charge >= 0.3 is 0 Å². The van der Waals surface area contributed by atoms with E-state index in [9.17, 15) is 4.79 Å². The number of amides is 1. The maximum Gasteiger partial charge on any atom is 0.251 e. The van der Waals surface area contributed by atoms with Crippen molar-refractivity contribution in [1.82, 2.24) is 10.3 Å². The summed E-state index contributed by atoms with van der Waals surface area (Å²) in [5, 5.41) is 6.12. The molecular weight excluding hydrogens is 266 g/mol. The van der Waals surface area contributed by atoms with Crippen LogP contribution in [0, 0.1) is 0 Å². The molecule has 5 heteroatoms. The van der Waals surface area contributed by atoms with Gasteiger partial charge in [-0.2, -0.15) is 0 Å². The highest BCUT2D eigenvalue weighted by molar-refractivity contribution is 5.95. The van der Waals surface area contributed by atoms with E-state index in [2.05, 4.69) is 15.6 Å². The van der Waals surface area contributed by atoms with Gasteiger partial charge in [0.2, 0.25) is 0 Å². The summed E-state index contributed by atoms with van der Waals surface area (Å²) in [6.07, 6.45) is 3.89. The molecule has 0 unspecified atom stereocenters. The molecule has 5 nitrogen and oxygen atoms in total. The smallest absolute Gasteiger partial charge is 0.251 e. The zero-order chi connectivity index (χ0) is 15.5. The number of pyridine rings is 1. The molecular formula is C16H27N3O2. The number of nitrogens with zero attached hydrogens (tertiary/aromatic N) is 1. The number of aromatic nitrogens is 1. The van der Waals surface area contributed by atoms with Crippen LogP contribution in [0.1, 0.15) is 49.2 Å². The molecule has 0 fully saturated rings. The Hall–Kier alpha value is -1.62. The molecule has 1 aromatic heterocycles. The number of anilines is 1. The number of ether oxygens (including phenoxy) is 1. The predicted octanol–water partition coefficient (Wildman–Crippen LogP) is 2.62. The summed E-state index contributed by atoms with van der Waals surface area (Å²) >= 11 is 0. The van der Waals surface area contributed by atoms with Gasteiger partial charge in [0, 0.05) is 38.1 Å². The number of carbonyl (C=O) groups is 1. The molecule has 0 aliphatic carbocycles. The van der Waals surface area contributed by atoms with Crippen LogP contribution < -0.4 is 10.6 Å². The van der Waals surface area contributed by atoms with Gasteiger partial charge in [-0.3, -0.25) is 4.79 Å². The number of carbonyl (C=O) groups excluding carboxylic acids is 1. The number of hydrogen-bond donors (Lipinski definition) is 2. The normalized spacial score (nSPS) is 10.4. The summed E-state index contributed by atoms with van der Waals surface area (Å²) in [6, 6.07) is 3.67. The monoisotopic (exact) mass is 293 g/mol. The molecule has 21 heavy (non-hydrogen) atoms. The first-order valence-electron chi connectivity index (χ1n) is 7.73. The average Bonchev–Trinajstić information content (AvgIpc) is 2.50. The zero-order valence-electron chi connectivity index (χ0n) is 13.4. The molecule has 0 atom stereocenters. The van der Waals surface area contributed by atoms with Gasteiger partial charge in [0.1, 0.15) is 5.82 Å². The molecule has 0 aliphatic rings. The van der Waals surface area contributed by atoms with Crippen molar-refractivity contribution >= 4 is 11.7 Å². The number of aryl methyl sites for hydroxylation is 1. The lowest BCUT2D eigenvalue weighted by Crippen LogP contribution is -2.25. The van der Waals surface area contributed by atoms with Crippen molar-refractivity contribution in [3.63, 3.8) is 0 Å². The third kappa shape index (κ3) is 6.58. The summed E-state index contributed by atoms with van der Waals surface area (Å²) in [6.45, 7) is 6.32. The number of unbranched alkanes of at least 4 members (excludes halogenated alkanes) is 2. The molecule has 1 heterocycles. The minimum atomic E-state index is -0.0296. The number of rotatable bonds is 10. The van der Waals surface area contributed by atoms with E-state index in [0.717, 1.165) is 50.3 Å². The van der Waals surface area contributed by atoms with Crippen molar-refractivity contribution in [3.05, 3.63) is 23.4 Å². The Morgan fingerprint density at radius 2 is 2.05 bits per heavy atom. The van der Waals surface area contributed by atoms with Gasteiger partial charge in [0.15, 0.2) is 0 Å². The Bertz CT molecular complexity index is 436. The van der Waals surface area contributed by atoms with Crippen LogP contribution in [-0.2, 0) is 11.2 Å². The van der Waals surface area contributed by atoms with Crippen LogP contribution in [-0.4, -0.2) is 37.7 Å². The minimum absolute atomic E-state index is 0.0296. The first-order valence-corrected chi connectivity index (χ1v) is 7.73. The fourth-order valence-corrected chi connectivity index (χ4v) is 2.02. The van der Waals surface area contributed by atoms with Crippen molar-refractivity contribution in [3.8, 4) is 0 Å². The number of nitrogens with one attached hydrogen (secondary N) is 2. The van der Waals surface area contributed by atoms with Crippen LogP contribution in [0.25, 0.3) is 0 Å². The van der Waals surface area contributed by atoms with Gasteiger partial charge in [0.25, 0.3) is 5.91 Å². The van der Waals surface area contributed by atoms with Gasteiger partial charge in [-0.25, -0.2) is 4.98 Å². The van der Waals surface area contributed by atoms with Crippen LogP contribution in [0.5, 0.6) is 0 Å². The highest BCUT2D eigenvalue weighted by Crippen LogP contribution is 2.11. The first kappa shape index (κ1) is 17.4. The fraction of sp³-hybridized carbons (Fsp3) is 0.625. The van der Waals surface area contributed by atoms with Crippen molar-refractivity contribution in [2.24, 2.45) is 0 Å². The molecule has 0 bridgehead atoms. The quantitative estimate of drug-likeness (QED) is 0.651. The third-order valence-corrected chi connectivity index (χ3v) is 3.17. The Labute approximate surface area is 127 Å². The molecule has 0 aliphatic heterocycles. The minimum Gasteiger partial charge on any atom is -0.385 e. The van der Waals surface area contributed by atoms with Gasteiger partial charge in [-0.15, -0.1) is 0 Å². The molecule has 1 aromatic rings. The van der Waals surface area contributed by atoms with Crippen LogP contribution in [0.4, 0.5) is 5.82 Å². The van der Waals surface area contributed by atoms with E-state index in [1.54, 1.807) is 7.11 Å². The molecule has 118 valence electrons. The van der Waals surface area contributed by atoms with Gasteiger partial charge in [-0.1, -0.05) is 6.92 Å². The van der Waals surface area contributed by atoms with Gasteiger partial charge in [-0.05, 0) is 44.7 Å². The summed E-state index contributed by atoms with van der Waals surface area (Å²) in [7, 11) is 1.71. The summed E-state index contributed by atoms with van der Waals surface area (Å²) in [5.41, 5.74) is 1.60. The summed E-state index contributed by atoms with van der Waals surface area (Å²) < 4.78 is 5.00. The largest absolute Gasteiger partial charge is 0.385 e. The van der Waals surface area contributed by atoms with Crippen LogP contribution in [0.15, 0.2) is 12.1 Å². The predicted molar refractivity (Wildman–Crippen MR) is 85.8 cm³/mol. The van der Waals surface area contributed by atoms with Crippen LogP contribution in [0.3, 0.4) is 0 Å². The molecule has 1 rings (SSSR count). The summed E-state index contributed by atoms with van der Waals surface area (Å²) in [4.78, 5) is 16.6. The van der Waals surface area contributed by atoms with E-state index in [1.165, 1.54) is 0 Å². The highest BCUT2D eigenvalue weighted by atomic mass is 16.5. The Balaban J connectivity index is 2.50. The zero-order valence-corrected chi connectivity index (χ0v) is 13.4. The average molecular weight is 293 g/mol. The van der Waals surface area contributed by atoms with E-state index < -0.39 is 0 Å². The van der Waals surface area contributed by atoms with Gasteiger partial charge < -0.3 is 15.4 Å².